The number of hydrogen-bond acceptors (Lipinski definition) is 2. The summed E-state index contributed by atoms with van der Waals surface area (Å²) in [6, 6.07) is 7.80. The van der Waals surface area contributed by atoms with Crippen LogP contribution in [-0.2, 0) is 15.0 Å². The van der Waals surface area contributed by atoms with E-state index in [2.05, 4.69) is 5.32 Å². The van der Waals surface area contributed by atoms with E-state index < -0.39 is 5.41 Å². The Kier molecular flexibility index (Phi) is 1.43. The third-order valence-electron chi connectivity index (χ3n) is 3.54. The molecule has 0 radical (unpaired) electrons. The lowest BCUT2D eigenvalue weighted by atomic mass is 9.90. The number of benzene rings is 1. The normalized spacial score (nSPS) is 32.5. The second kappa shape index (κ2) is 2.48. The molecule has 0 bridgehead atoms. The lowest BCUT2D eigenvalue weighted by molar-refractivity contribution is -0.127. The van der Waals surface area contributed by atoms with Gasteiger partial charge in [-0.2, -0.15) is 0 Å². The first-order valence-corrected chi connectivity index (χ1v) is 5.07. The maximum Gasteiger partial charge on any atom is 0.238 e. The Morgan fingerprint density at radius 1 is 1.33 bits per heavy atom. The summed E-state index contributed by atoms with van der Waals surface area (Å²) in [5.74, 6) is -0.346. The minimum atomic E-state index is -0.525. The first-order chi connectivity index (χ1) is 7.16. The predicted molar refractivity (Wildman–Crippen MR) is 54.1 cm³/mol. The maximum absolute atomic E-state index is 11.8. The van der Waals surface area contributed by atoms with E-state index in [4.69, 9.17) is 0 Å². The second-order valence-electron chi connectivity index (χ2n) is 4.36. The minimum Gasteiger partial charge on any atom is -0.295 e. The van der Waals surface area contributed by atoms with Gasteiger partial charge in [0.2, 0.25) is 11.8 Å². The number of amides is 2. The minimum absolute atomic E-state index is 0.108. The second-order valence-corrected chi connectivity index (χ2v) is 4.36. The summed E-state index contributed by atoms with van der Waals surface area (Å²) in [5.41, 5.74) is 1.57. The number of piperidine rings is 1. The van der Waals surface area contributed by atoms with Gasteiger partial charge in [0.1, 0.15) is 0 Å². The van der Waals surface area contributed by atoms with Crippen LogP contribution in [0.4, 0.5) is 0 Å². The van der Waals surface area contributed by atoms with Crippen LogP contribution >= 0.6 is 0 Å². The number of imide groups is 1. The van der Waals surface area contributed by atoms with Crippen molar-refractivity contribution in [1.29, 1.82) is 0 Å². The van der Waals surface area contributed by atoms with Gasteiger partial charge in [0.25, 0.3) is 0 Å². The number of nitrogens with one attached hydrogen (secondary N) is 1. The lowest BCUT2D eigenvalue weighted by Crippen LogP contribution is -2.30. The number of fused-ring (bicyclic) bond motifs is 1. The molecule has 0 spiro atoms. The number of carbonyl (C=O) groups is 2. The molecular formula is C12H11NO2. The quantitative estimate of drug-likeness (QED) is 0.686. The van der Waals surface area contributed by atoms with Crippen LogP contribution in [0.1, 0.15) is 17.5 Å². The van der Waals surface area contributed by atoms with Crippen LogP contribution in [0.25, 0.3) is 0 Å². The van der Waals surface area contributed by atoms with Gasteiger partial charge in [0.15, 0.2) is 0 Å². The van der Waals surface area contributed by atoms with E-state index in [0.29, 0.717) is 6.42 Å². The highest BCUT2D eigenvalue weighted by atomic mass is 16.2. The van der Waals surface area contributed by atoms with Crippen LogP contribution in [0.3, 0.4) is 0 Å². The zero-order valence-corrected chi connectivity index (χ0v) is 8.41. The molecular weight excluding hydrogens is 190 g/mol. The Morgan fingerprint density at radius 3 is 2.60 bits per heavy atom. The van der Waals surface area contributed by atoms with E-state index in [1.165, 1.54) is 0 Å². The van der Waals surface area contributed by atoms with Crippen molar-refractivity contribution in [2.45, 2.75) is 18.8 Å². The number of hydrogen-bond donors (Lipinski definition) is 1. The SMILES string of the molecule is Cc1ccccc1C12CC1C(=O)NC2=O. The van der Waals surface area contributed by atoms with Gasteiger partial charge in [-0.15, -0.1) is 0 Å². The fourth-order valence-corrected chi connectivity index (χ4v) is 2.63. The van der Waals surface area contributed by atoms with Gasteiger partial charge in [-0.3, -0.25) is 14.9 Å². The van der Waals surface area contributed by atoms with Crippen LogP contribution in [0.15, 0.2) is 24.3 Å². The highest BCUT2D eigenvalue weighted by Gasteiger charge is 2.69. The molecule has 1 aliphatic heterocycles. The Hall–Kier alpha value is -1.64. The van der Waals surface area contributed by atoms with E-state index in [-0.39, 0.29) is 17.7 Å². The fraction of sp³-hybridized carbons (Fsp3) is 0.333. The highest BCUT2D eigenvalue weighted by molar-refractivity contribution is 6.15. The third-order valence-corrected chi connectivity index (χ3v) is 3.54. The van der Waals surface area contributed by atoms with E-state index in [9.17, 15) is 9.59 Å². The molecule has 1 heterocycles. The maximum atomic E-state index is 11.8. The molecule has 2 aliphatic rings. The van der Waals surface area contributed by atoms with E-state index in [1.54, 1.807) is 0 Å². The molecule has 3 nitrogen and oxygen atoms in total. The summed E-state index contributed by atoms with van der Waals surface area (Å²) in [7, 11) is 0. The molecule has 1 N–H and O–H groups in total. The molecule has 2 unspecified atom stereocenters. The van der Waals surface area contributed by atoms with Gasteiger partial charge in [0.05, 0.1) is 11.3 Å². The van der Waals surface area contributed by atoms with Crippen LogP contribution in [0, 0.1) is 12.8 Å². The molecule has 1 aromatic carbocycles. The molecule has 15 heavy (non-hydrogen) atoms. The van der Waals surface area contributed by atoms with Crippen molar-refractivity contribution in [3.63, 3.8) is 0 Å². The van der Waals surface area contributed by atoms with Gasteiger partial charge in [-0.1, -0.05) is 24.3 Å². The van der Waals surface area contributed by atoms with Crippen molar-refractivity contribution in [1.82, 2.24) is 5.32 Å². The van der Waals surface area contributed by atoms with E-state index >= 15 is 0 Å². The van der Waals surface area contributed by atoms with E-state index in [1.807, 2.05) is 31.2 Å². The molecule has 1 aliphatic carbocycles. The highest BCUT2D eigenvalue weighted by Crippen LogP contribution is 2.58. The van der Waals surface area contributed by atoms with Crippen molar-refractivity contribution in [3.05, 3.63) is 35.4 Å². The van der Waals surface area contributed by atoms with Crippen molar-refractivity contribution < 1.29 is 9.59 Å². The molecule has 1 saturated heterocycles. The summed E-state index contributed by atoms with van der Waals surface area (Å²) in [4.78, 5) is 23.2. The average molecular weight is 201 g/mol. The van der Waals surface area contributed by atoms with Gasteiger partial charge in [-0.05, 0) is 24.5 Å². The zero-order chi connectivity index (χ0) is 10.6. The van der Waals surface area contributed by atoms with Crippen LogP contribution < -0.4 is 5.32 Å². The van der Waals surface area contributed by atoms with Gasteiger partial charge < -0.3 is 0 Å². The van der Waals surface area contributed by atoms with Crippen LogP contribution in [0.5, 0.6) is 0 Å². The number of carbonyl (C=O) groups excluding carboxylic acids is 2. The van der Waals surface area contributed by atoms with Crippen molar-refractivity contribution in [3.8, 4) is 0 Å². The molecule has 2 atom stereocenters. The Labute approximate surface area is 87.5 Å². The summed E-state index contributed by atoms with van der Waals surface area (Å²) >= 11 is 0. The van der Waals surface area contributed by atoms with E-state index in [0.717, 1.165) is 11.1 Å². The van der Waals surface area contributed by atoms with Crippen molar-refractivity contribution >= 4 is 11.8 Å². The predicted octanol–water partition coefficient (Wildman–Crippen LogP) is 0.909. The average Bonchev–Trinajstić information content (AvgIpc) is 2.89. The molecule has 76 valence electrons. The Morgan fingerprint density at radius 2 is 2.07 bits per heavy atom. The molecule has 2 amide bonds. The summed E-state index contributed by atoms with van der Waals surface area (Å²) in [5, 5.41) is 2.40. The van der Waals surface area contributed by atoms with Crippen molar-refractivity contribution in [2.24, 2.45) is 5.92 Å². The molecule has 3 heteroatoms. The van der Waals surface area contributed by atoms with Crippen molar-refractivity contribution in [2.75, 3.05) is 0 Å². The first-order valence-electron chi connectivity index (χ1n) is 5.07. The number of aryl methyl sites for hydroxylation is 1. The topological polar surface area (TPSA) is 46.2 Å². The first kappa shape index (κ1) is 8.65. The monoisotopic (exact) mass is 201 g/mol. The third kappa shape index (κ3) is 0.902. The zero-order valence-electron chi connectivity index (χ0n) is 8.41. The van der Waals surface area contributed by atoms with Crippen LogP contribution in [0.2, 0.25) is 0 Å². The summed E-state index contributed by atoms with van der Waals surface area (Å²) < 4.78 is 0. The fourth-order valence-electron chi connectivity index (χ4n) is 2.63. The molecule has 0 aromatic heterocycles. The molecule has 1 aromatic rings. The van der Waals surface area contributed by atoms with Crippen LogP contribution in [-0.4, -0.2) is 11.8 Å². The number of rotatable bonds is 1. The largest absolute Gasteiger partial charge is 0.295 e. The van der Waals surface area contributed by atoms with Gasteiger partial charge in [-0.25, -0.2) is 0 Å². The van der Waals surface area contributed by atoms with Gasteiger partial charge in [0, 0.05) is 0 Å². The Bertz CT molecular complexity index is 480. The molecule has 1 saturated carbocycles. The molecule has 3 rings (SSSR count). The smallest absolute Gasteiger partial charge is 0.238 e. The standard InChI is InChI=1S/C12H11NO2/c1-7-4-2-3-5-8(7)12-6-9(12)10(14)13-11(12)15/h2-5,9H,6H2,1H3,(H,13,14,15). The summed E-state index contributed by atoms with van der Waals surface area (Å²) in [6.45, 7) is 1.98. The Balaban J connectivity index is 2.14. The van der Waals surface area contributed by atoms with Gasteiger partial charge >= 0.3 is 0 Å². The lowest BCUT2D eigenvalue weighted by Gasteiger charge is -2.12. The molecule has 2 fully saturated rings. The summed E-state index contributed by atoms with van der Waals surface area (Å²) in [6.07, 6.45) is 0.683.